The van der Waals surface area contributed by atoms with Gasteiger partial charge in [0.15, 0.2) is 5.79 Å². The van der Waals surface area contributed by atoms with Crippen molar-refractivity contribution in [2.75, 3.05) is 6.61 Å². The maximum absolute atomic E-state index is 10.5. The summed E-state index contributed by atoms with van der Waals surface area (Å²) >= 11 is 0. The lowest BCUT2D eigenvalue weighted by atomic mass is 10.4. The van der Waals surface area contributed by atoms with Gasteiger partial charge in [-0.25, -0.2) is 0 Å². The first-order valence-corrected chi connectivity index (χ1v) is 3.48. The Balaban J connectivity index is 2.36. The monoisotopic (exact) mass is 160 g/mol. The molecule has 0 aromatic carbocycles. The molecule has 4 heteroatoms. The molecule has 11 heavy (non-hydrogen) atoms. The molecule has 0 aromatic heterocycles. The zero-order chi connectivity index (χ0) is 8.48. The molecule has 1 saturated heterocycles. The highest BCUT2D eigenvalue weighted by Gasteiger charge is 2.34. The van der Waals surface area contributed by atoms with E-state index in [1.165, 1.54) is 6.92 Å². The van der Waals surface area contributed by atoms with E-state index in [-0.39, 0.29) is 5.97 Å². The fourth-order valence-corrected chi connectivity index (χ4v) is 0.897. The van der Waals surface area contributed by atoms with Gasteiger partial charge in [0, 0.05) is 6.92 Å². The summed E-state index contributed by atoms with van der Waals surface area (Å²) in [4.78, 5) is 10.5. The standard InChI is InChI=1S/C7H12O4/c1-5(8)10-6-4-9-7(2,3)11-6/h6H,4H2,1-3H3/t6-/m1/s1. The molecule has 0 aromatic rings. The van der Waals surface area contributed by atoms with Crippen LogP contribution >= 0.6 is 0 Å². The molecule has 64 valence electrons. The molecular weight excluding hydrogens is 148 g/mol. The van der Waals surface area contributed by atoms with Crippen molar-refractivity contribution in [3.05, 3.63) is 0 Å². The summed E-state index contributed by atoms with van der Waals surface area (Å²) in [5.41, 5.74) is 0. The minimum atomic E-state index is -0.625. The van der Waals surface area contributed by atoms with E-state index in [4.69, 9.17) is 14.2 Å². The molecule has 4 nitrogen and oxygen atoms in total. The predicted octanol–water partition coefficient (Wildman–Crippen LogP) is 0.658. The van der Waals surface area contributed by atoms with Crippen molar-refractivity contribution >= 4 is 5.97 Å². The highest BCUT2D eigenvalue weighted by atomic mass is 16.8. The first kappa shape index (κ1) is 8.49. The van der Waals surface area contributed by atoms with E-state index in [1.807, 2.05) is 0 Å². The Morgan fingerprint density at radius 3 is 2.64 bits per heavy atom. The average molecular weight is 160 g/mol. The number of hydrogen-bond donors (Lipinski definition) is 0. The highest BCUT2D eigenvalue weighted by molar-refractivity contribution is 5.66. The lowest BCUT2D eigenvalue weighted by Crippen LogP contribution is -2.23. The van der Waals surface area contributed by atoms with Crippen LogP contribution in [-0.2, 0) is 19.0 Å². The van der Waals surface area contributed by atoms with Gasteiger partial charge in [-0.05, 0) is 13.8 Å². The lowest BCUT2D eigenvalue weighted by molar-refractivity contribution is -0.195. The Morgan fingerprint density at radius 1 is 1.64 bits per heavy atom. The maximum atomic E-state index is 10.5. The van der Waals surface area contributed by atoms with Gasteiger partial charge in [0.25, 0.3) is 0 Å². The molecular formula is C7H12O4. The van der Waals surface area contributed by atoms with Crippen LogP contribution in [0.15, 0.2) is 0 Å². The number of hydrogen-bond acceptors (Lipinski definition) is 4. The van der Waals surface area contributed by atoms with Gasteiger partial charge in [0.1, 0.15) is 6.61 Å². The quantitative estimate of drug-likeness (QED) is 0.528. The molecule has 0 bridgehead atoms. The van der Waals surface area contributed by atoms with Gasteiger partial charge < -0.3 is 14.2 Å². The van der Waals surface area contributed by atoms with E-state index in [0.717, 1.165) is 0 Å². The number of ether oxygens (including phenoxy) is 3. The molecule has 0 N–H and O–H groups in total. The van der Waals surface area contributed by atoms with Gasteiger partial charge in [0.05, 0.1) is 0 Å². The van der Waals surface area contributed by atoms with Gasteiger partial charge in [-0.2, -0.15) is 0 Å². The Kier molecular flexibility index (Phi) is 2.15. The minimum absolute atomic E-state index is 0.312. The van der Waals surface area contributed by atoms with E-state index in [0.29, 0.717) is 6.61 Å². The first-order valence-electron chi connectivity index (χ1n) is 3.48. The van der Waals surface area contributed by atoms with Gasteiger partial charge in [-0.1, -0.05) is 0 Å². The van der Waals surface area contributed by atoms with Crippen LogP contribution in [0.5, 0.6) is 0 Å². The Labute approximate surface area is 65.4 Å². The zero-order valence-electron chi connectivity index (χ0n) is 6.92. The normalized spacial score (nSPS) is 28.5. The number of carbonyl (C=O) groups excluding carboxylic acids is 1. The summed E-state index contributed by atoms with van der Waals surface area (Å²) in [6.07, 6.45) is -0.539. The smallest absolute Gasteiger partial charge is 0.305 e. The minimum Gasteiger partial charge on any atom is -0.433 e. The SMILES string of the molecule is CC(=O)O[C@H]1COC(C)(C)O1. The molecule has 0 amide bonds. The Bertz CT molecular complexity index is 164. The summed E-state index contributed by atoms with van der Waals surface area (Å²) < 4.78 is 15.1. The molecule has 1 atom stereocenters. The van der Waals surface area contributed by atoms with Crippen molar-refractivity contribution in [2.24, 2.45) is 0 Å². The van der Waals surface area contributed by atoms with Crippen molar-refractivity contribution in [2.45, 2.75) is 32.8 Å². The molecule has 0 aliphatic carbocycles. The summed E-state index contributed by atoms with van der Waals surface area (Å²) in [5.74, 6) is -0.976. The van der Waals surface area contributed by atoms with Crippen LogP contribution in [-0.4, -0.2) is 24.7 Å². The predicted molar refractivity (Wildman–Crippen MR) is 36.7 cm³/mol. The topological polar surface area (TPSA) is 44.8 Å². The largest absolute Gasteiger partial charge is 0.433 e. The second-order valence-electron chi connectivity index (χ2n) is 2.87. The van der Waals surface area contributed by atoms with Crippen molar-refractivity contribution in [3.63, 3.8) is 0 Å². The van der Waals surface area contributed by atoms with Crippen LogP contribution in [0.2, 0.25) is 0 Å². The number of esters is 1. The third-order valence-corrected chi connectivity index (χ3v) is 1.28. The van der Waals surface area contributed by atoms with Crippen LogP contribution in [0.4, 0.5) is 0 Å². The fourth-order valence-electron chi connectivity index (χ4n) is 0.897. The maximum Gasteiger partial charge on any atom is 0.305 e. The molecule has 0 radical (unpaired) electrons. The molecule has 1 aliphatic rings. The first-order chi connectivity index (χ1) is 4.99. The molecule has 1 fully saturated rings. The molecule has 1 rings (SSSR count). The van der Waals surface area contributed by atoms with Crippen molar-refractivity contribution in [1.82, 2.24) is 0 Å². The average Bonchev–Trinajstić information content (AvgIpc) is 2.08. The highest BCUT2D eigenvalue weighted by Crippen LogP contribution is 2.22. The van der Waals surface area contributed by atoms with Gasteiger partial charge in [-0.15, -0.1) is 0 Å². The fraction of sp³-hybridized carbons (Fsp3) is 0.857. The second kappa shape index (κ2) is 2.79. The molecule has 0 unspecified atom stereocenters. The number of carbonyl (C=O) groups is 1. The summed E-state index contributed by atoms with van der Waals surface area (Å²) in [6.45, 7) is 5.20. The van der Waals surface area contributed by atoms with Gasteiger partial charge in [0.2, 0.25) is 6.29 Å². The molecule has 0 saturated carbocycles. The number of rotatable bonds is 1. The third kappa shape index (κ3) is 2.48. The van der Waals surface area contributed by atoms with Crippen molar-refractivity contribution in [3.8, 4) is 0 Å². The summed E-state index contributed by atoms with van der Waals surface area (Å²) in [7, 11) is 0. The molecule has 1 aliphatic heterocycles. The third-order valence-electron chi connectivity index (χ3n) is 1.28. The van der Waals surface area contributed by atoms with E-state index >= 15 is 0 Å². The van der Waals surface area contributed by atoms with Crippen molar-refractivity contribution < 1.29 is 19.0 Å². The van der Waals surface area contributed by atoms with Crippen LogP contribution in [0.1, 0.15) is 20.8 Å². The summed E-state index contributed by atoms with van der Waals surface area (Å²) in [5, 5.41) is 0. The Morgan fingerprint density at radius 2 is 2.27 bits per heavy atom. The van der Waals surface area contributed by atoms with Gasteiger partial charge >= 0.3 is 5.97 Å². The molecule has 1 heterocycles. The van der Waals surface area contributed by atoms with Crippen molar-refractivity contribution in [1.29, 1.82) is 0 Å². The van der Waals surface area contributed by atoms with E-state index in [1.54, 1.807) is 13.8 Å². The van der Waals surface area contributed by atoms with Crippen LogP contribution in [0, 0.1) is 0 Å². The molecule has 0 spiro atoms. The van der Waals surface area contributed by atoms with E-state index < -0.39 is 12.1 Å². The Hall–Kier alpha value is -0.610. The van der Waals surface area contributed by atoms with Crippen LogP contribution < -0.4 is 0 Å². The lowest BCUT2D eigenvalue weighted by Gasteiger charge is -2.16. The zero-order valence-corrected chi connectivity index (χ0v) is 6.92. The van der Waals surface area contributed by atoms with E-state index in [2.05, 4.69) is 0 Å². The van der Waals surface area contributed by atoms with Gasteiger partial charge in [-0.3, -0.25) is 4.79 Å². The van der Waals surface area contributed by atoms with E-state index in [9.17, 15) is 4.79 Å². The van der Waals surface area contributed by atoms with Crippen LogP contribution in [0.25, 0.3) is 0 Å². The second-order valence-corrected chi connectivity index (χ2v) is 2.87. The van der Waals surface area contributed by atoms with Crippen LogP contribution in [0.3, 0.4) is 0 Å². The summed E-state index contributed by atoms with van der Waals surface area (Å²) in [6, 6.07) is 0.